The molecule has 6 nitrogen and oxygen atoms in total. The molecule has 0 aliphatic rings. The molecule has 0 aromatic carbocycles. The molecule has 0 radical (unpaired) electrons. The summed E-state index contributed by atoms with van der Waals surface area (Å²) >= 11 is 0. The monoisotopic (exact) mass is 172 g/mol. The van der Waals surface area contributed by atoms with E-state index in [1.54, 1.807) is 0 Å². The number of rotatable bonds is 5. The summed E-state index contributed by atoms with van der Waals surface area (Å²) in [5.41, 5.74) is 13.2. The van der Waals surface area contributed by atoms with E-state index >= 15 is 0 Å². The molecule has 0 rings (SSSR count). The van der Waals surface area contributed by atoms with Crippen LogP contribution >= 0.6 is 0 Å². The first kappa shape index (κ1) is 10.9. The highest BCUT2D eigenvalue weighted by Crippen LogP contribution is 1.91. The number of nitrogens with two attached hydrogens (primary N) is 1. The van der Waals surface area contributed by atoms with Gasteiger partial charge in [0.15, 0.2) is 0 Å². The molecule has 2 unspecified atom stereocenters. The van der Waals surface area contributed by atoms with Crippen molar-refractivity contribution in [2.45, 2.75) is 12.1 Å². The highest BCUT2D eigenvalue weighted by molar-refractivity contribution is 4.94. The lowest BCUT2D eigenvalue weighted by Crippen LogP contribution is -2.36. The molecule has 0 fully saturated rings. The molecule has 2 atom stereocenters. The van der Waals surface area contributed by atoms with Gasteiger partial charge in [-0.3, -0.25) is 0 Å². The van der Waals surface area contributed by atoms with Crippen molar-refractivity contribution in [1.29, 1.82) is 0 Å². The van der Waals surface area contributed by atoms with Crippen LogP contribution in [-0.2, 0) is 0 Å². The highest BCUT2D eigenvalue weighted by Gasteiger charge is 2.08. The van der Waals surface area contributed by atoms with Crippen LogP contribution in [0.1, 0.15) is 0 Å². The quantitative estimate of drug-likeness (QED) is 0.225. The Morgan fingerprint density at radius 1 is 1.67 bits per heavy atom. The van der Waals surface area contributed by atoms with Crippen molar-refractivity contribution < 1.29 is 10.2 Å². The molecule has 0 aliphatic heterocycles. The third-order valence-electron chi connectivity index (χ3n) is 1.23. The van der Waals surface area contributed by atoms with Gasteiger partial charge >= 0.3 is 0 Å². The summed E-state index contributed by atoms with van der Waals surface area (Å²) in [7, 11) is 0. The third-order valence-corrected chi connectivity index (χ3v) is 1.23. The first-order chi connectivity index (χ1) is 5.72. The normalized spacial score (nSPS) is 15.6. The van der Waals surface area contributed by atoms with Gasteiger partial charge in [-0.25, -0.2) is 0 Å². The minimum Gasteiger partial charge on any atom is -0.395 e. The molecule has 0 aromatic rings. The second-order valence-electron chi connectivity index (χ2n) is 2.18. The molecule has 68 valence electrons. The van der Waals surface area contributed by atoms with Gasteiger partial charge in [-0.15, -0.1) is 0 Å². The Morgan fingerprint density at radius 3 is 2.83 bits per heavy atom. The van der Waals surface area contributed by atoms with E-state index < -0.39 is 12.1 Å². The van der Waals surface area contributed by atoms with Gasteiger partial charge in [0.1, 0.15) is 0 Å². The fourth-order valence-electron chi connectivity index (χ4n) is 0.535. The fourth-order valence-corrected chi connectivity index (χ4v) is 0.535. The Labute approximate surface area is 69.9 Å². The van der Waals surface area contributed by atoms with Crippen LogP contribution in [0, 0.1) is 0 Å². The minimum atomic E-state index is -0.899. The van der Waals surface area contributed by atoms with Crippen LogP contribution in [-0.4, -0.2) is 35.5 Å². The Balaban J connectivity index is 3.73. The van der Waals surface area contributed by atoms with Crippen molar-refractivity contribution in [2.24, 2.45) is 10.8 Å². The fraction of sp³-hybridized carbons (Fsp3) is 0.667. The molecule has 0 saturated heterocycles. The lowest BCUT2D eigenvalue weighted by molar-refractivity contribution is 0.144. The average molecular weight is 172 g/mol. The molecule has 0 amide bonds. The Morgan fingerprint density at radius 2 is 2.33 bits per heavy atom. The number of hydrogen-bond acceptors (Lipinski definition) is 4. The van der Waals surface area contributed by atoms with Crippen LogP contribution < -0.4 is 5.73 Å². The maximum absolute atomic E-state index is 9.11. The molecule has 0 bridgehead atoms. The van der Waals surface area contributed by atoms with E-state index in [2.05, 4.69) is 10.0 Å². The van der Waals surface area contributed by atoms with Crippen LogP contribution in [0.25, 0.3) is 10.4 Å². The van der Waals surface area contributed by atoms with E-state index in [0.717, 1.165) is 0 Å². The van der Waals surface area contributed by atoms with Crippen LogP contribution in [0.4, 0.5) is 0 Å². The summed E-state index contributed by atoms with van der Waals surface area (Å²) in [6, 6.07) is -0.688. The maximum Gasteiger partial charge on any atom is 0.0894 e. The number of nitrogens with zero attached hydrogens (tertiary/aromatic N) is 3. The summed E-state index contributed by atoms with van der Waals surface area (Å²) in [6.07, 6.45) is 1.97. The van der Waals surface area contributed by atoms with Crippen LogP contribution in [0.5, 0.6) is 0 Å². The zero-order valence-electron chi connectivity index (χ0n) is 6.54. The molecule has 12 heavy (non-hydrogen) atoms. The van der Waals surface area contributed by atoms with Gasteiger partial charge in [-0.2, -0.15) is 0 Å². The van der Waals surface area contributed by atoms with Crippen molar-refractivity contribution in [3.8, 4) is 0 Å². The van der Waals surface area contributed by atoms with E-state index in [4.69, 9.17) is 21.5 Å². The van der Waals surface area contributed by atoms with Gasteiger partial charge < -0.3 is 15.9 Å². The van der Waals surface area contributed by atoms with E-state index in [0.29, 0.717) is 0 Å². The molecular weight excluding hydrogens is 160 g/mol. The van der Waals surface area contributed by atoms with E-state index in [9.17, 15) is 0 Å². The third kappa shape index (κ3) is 4.70. The number of aliphatic hydroxyl groups excluding tert-OH is 2. The SMILES string of the molecule is [N-]=[N+]=NC/C=C/C(O)C(N)CO. The smallest absolute Gasteiger partial charge is 0.0894 e. The van der Waals surface area contributed by atoms with E-state index in [-0.39, 0.29) is 13.2 Å². The average Bonchev–Trinajstić information content (AvgIpc) is 2.10. The van der Waals surface area contributed by atoms with Gasteiger partial charge in [0.05, 0.1) is 18.8 Å². The molecule has 0 spiro atoms. The molecule has 6 heteroatoms. The van der Waals surface area contributed by atoms with Gasteiger partial charge in [0.2, 0.25) is 0 Å². The summed E-state index contributed by atoms with van der Waals surface area (Å²) in [6.45, 7) is -0.112. The van der Waals surface area contributed by atoms with Gasteiger partial charge in [-0.1, -0.05) is 17.3 Å². The topological polar surface area (TPSA) is 115 Å². The number of hydrogen-bond donors (Lipinski definition) is 3. The van der Waals surface area contributed by atoms with Crippen LogP contribution in [0.3, 0.4) is 0 Å². The molecule has 0 aliphatic carbocycles. The Hall–Kier alpha value is -1.07. The summed E-state index contributed by atoms with van der Waals surface area (Å²) in [5.74, 6) is 0. The lowest BCUT2D eigenvalue weighted by atomic mass is 10.2. The van der Waals surface area contributed by atoms with Crippen molar-refractivity contribution in [3.05, 3.63) is 22.6 Å². The van der Waals surface area contributed by atoms with Crippen LogP contribution in [0.2, 0.25) is 0 Å². The highest BCUT2D eigenvalue weighted by atomic mass is 16.3. The number of aliphatic hydroxyl groups is 2. The lowest BCUT2D eigenvalue weighted by Gasteiger charge is -2.11. The van der Waals surface area contributed by atoms with Crippen molar-refractivity contribution >= 4 is 0 Å². The first-order valence-electron chi connectivity index (χ1n) is 3.44. The summed E-state index contributed by atoms with van der Waals surface area (Å²) in [5, 5.41) is 20.8. The second-order valence-corrected chi connectivity index (χ2v) is 2.18. The standard InChI is InChI=1S/C6H12N4O2/c7-5(4-11)6(12)2-1-3-9-10-8/h1-2,5-6,11-12H,3-4,7H2/b2-1+. The van der Waals surface area contributed by atoms with Gasteiger partial charge in [0.25, 0.3) is 0 Å². The van der Waals surface area contributed by atoms with Crippen molar-refractivity contribution in [3.63, 3.8) is 0 Å². The van der Waals surface area contributed by atoms with Crippen molar-refractivity contribution in [1.82, 2.24) is 0 Å². The maximum atomic E-state index is 9.11. The summed E-state index contributed by atoms with van der Waals surface area (Å²) < 4.78 is 0. The zero-order valence-corrected chi connectivity index (χ0v) is 6.54. The minimum absolute atomic E-state index is 0.172. The van der Waals surface area contributed by atoms with Gasteiger partial charge in [0, 0.05) is 11.5 Å². The zero-order chi connectivity index (χ0) is 9.40. The molecule has 0 saturated carbocycles. The largest absolute Gasteiger partial charge is 0.395 e. The predicted octanol–water partition coefficient (Wildman–Crippen LogP) is -0.467. The molecular formula is C6H12N4O2. The van der Waals surface area contributed by atoms with E-state index in [1.165, 1.54) is 12.2 Å². The first-order valence-corrected chi connectivity index (χ1v) is 3.44. The number of azide groups is 1. The Bertz CT molecular complexity index is 188. The molecule has 0 aromatic heterocycles. The second kappa shape index (κ2) is 6.63. The summed E-state index contributed by atoms with van der Waals surface area (Å²) in [4.78, 5) is 2.51. The molecule has 4 N–H and O–H groups in total. The Kier molecular flexibility index (Phi) is 6.04. The van der Waals surface area contributed by atoms with Gasteiger partial charge in [-0.05, 0) is 5.53 Å². The van der Waals surface area contributed by atoms with E-state index in [1.807, 2.05) is 0 Å². The molecule has 0 heterocycles. The van der Waals surface area contributed by atoms with Crippen LogP contribution in [0.15, 0.2) is 17.3 Å². The predicted molar refractivity (Wildman–Crippen MR) is 44.2 cm³/mol. The van der Waals surface area contributed by atoms with Crippen molar-refractivity contribution in [2.75, 3.05) is 13.2 Å².